The first-order valence-corrected chi connectivity index (χ1v) is 7.40. The van der Waals surface area contributed by atoms with Crippen LogP contribution in [0.2, 0.25) is 0 Å². The zero-order valence-corrected chi connectivity index (χ0v) is 11.4. The molecule has 0 spiro atoms. The van der Waals surface area contributed by atoms with Crippen LogP contribution in [0, 0.1) is 11.8 Å². The third-order valence-electron chi connectivity index (χ3n) is 4.59. The number of nitrogens with two attached hydrogens (primary N) is 1. The molecule has 2 heterocycles. The van der Waals surface area contributed by atoms with E-state index < -0.39 is 0 Å². The smallest absolute Gasteiger partial charge is 0.00249 e. The van der Waals surface area contributed by atoms with Crippen LogP contribution in [0.3, 0.4) is 0 Å². The molecule has 100 valence electrons. The first kappa shape index (κ1) is 13.3. The summed E-state index contributed by atoms with van der Waals surface area (Å²) in [6.07, 6.45) is 6.99. The summed E-state index contributed by atoms with van der Waals surface area (Å²) >= 11 is 0. The van der Waals surface area contributed by atoms with Gasteiger partial charge in [-0.25, -0.2) is 0 Å². The SMILES string of the molecule is CN1CCC(C(CN)CN2CCCCCC2)C1. The van der Waals surface area contributed by atoms with Gasteiger partial charge in [-0.2, -0.15) is 0 Å². The van der Waals surface area contributed by atoms with Crippen molar-refractivity contribution in [3.63, 3.8) is 0 Å². The van der Waals surface area contributed by atoms with Crippen LogP contribution in [0.15, 0.2) is 0 Å². The Bertz CT molecular complexity index is 212. The lowest BCUT2D eigenvalue weighted by molar-refractivity contribution is 0.198. The van der Waals surface area contributed by atoms with Gasteiger partial charge in [0.15, 0.2) is 0 Å². The quantitative estimate of drug-likeness (QED) is 0.805. The molecule has 0 bridgehead atoms. The monoisotopic (exact) mass is 239 g/mol. The second kappa shape index (κ2) is 6.72. The van der Waals surface area contributed by atoms with Gasteiger partial charge in [-0.1, -0.05) is 12.8 Å². The standard InChI is InChI=1S/C14H29N3/c1-16-9-6-13(11-16)14(10-15)12-17-7-4-2-3-5-8-17/h13-14H,2-12,15H2,1H3. The molecule has 0 aliphatic carbocycles. The molecule has 2 rings (SSSR count). The fourth-order valence-electron chi connectivity index (χ4n) is 3.42. The number of rotatable bonds is 4. The molecule has 2 fully saturated rings. The molecule has 0 radical (unpaired) electrons. The van der Waals surface area contributed by atoms with Gasteiger partial charge in [-0.15, -0.1) is 0 Å². The van der Waals surface area contributed by atoms with Crippen molar-refractivity contribution in [1.29, 1.82) is 0 Å². The van der Waals surface area contributed by atoms with Gasteiger partial charge in [0.25, 0.3) is 0 Å². The molecule has 0 amide bonds. The van der Waals surface area contributed by atoms with E-state index in [1.165, 1.54) is 64.8 Å². The second-order valence-corrected chi connectivity index (χ2v) is 6.02. The van der Waals surface area contributed by atoms with Crippen LogP contribution in [0.4, 0.5) is 0 Å². The van der Waals surface area contributed by atoms with Gasteiger partial charge in [0.05, 0.1) is 0 Å². The third-order valence-corrected chi connectivity index (χ3v) is 4.59. The van der Waals surface area contributed by atoms with Crippen molar-refractivity contribution in [2.24, 2.45) is 17.6 Å². The van der Waals surface area contributed by atoms with E-state index in [1.807, 2.05) is 0 Å². The molecule has 0 aromatic rings. The molecule has 2 unspecified atom stereocenters. The Morgan fingerprint density at radius 1 is 1.12 bits per heavy atom. The Kier molecular flexibility index (Phi) is 5.26. The summed E-state index contributed by atoms with van der Waals surface area (Å²) in [6.45, 7) is 7.25. The number of hydrogen-bond acceptors (Lipinski definition) is 3. The van der Waals surface area contributed by atoms with E-state index in [9.17, 15) is 0 Å². The van der Waals surface area contributed by atoms with E-state index in [2.05, 4.69) is 16.8 Å². The first-order chi connectivity index (χ1) is 8.29. The summed E-state index contributed by atoms with van der Waals surface area (Å²) in [5.74, 6) is 1.56. The van der Waals surface area contributed by atoms with E-state index in [0.29, 0.717) is 0 Å². The Balaban J connectivity index is 1.81. The van der Waals surface area contributed by atoms with Crippen LogP contribution in [0.5, 0.6) is 0 Å². The molecule has 0 aromatic heterocycles. The van der Waals surface area contributed by atoms with E-state index in [-0.39, 0.29) is 0 Å². The van der Waals surface area contributed by atoms with Crippen LogP contribution in [-0.2, 0) is 0 Å². The van der Waals surface area contributed by atoms with Crippen molar-refractivity contribution in [2.75, 3.05) is 46.3 Å². The van der Waals surface area contributed by atoms with Crippen LogP contribution in [0.25, 0.3) is 0 Å². The van der Waals surface area contributed by atoms with Crippen LogP contribution in [-0.4, -0.2) is 56.1 Å². The predicted octanol–water partition coefficient (Wildman–Crippen LogP) is 1.39. The second-order valence-electron chi connectivity index (χ2n) is 6.02. The van der Waals surface area contributed by atoms with Gasteiger partial charge >= 0.3 is 0 Å². The average molecular weight is 239 g/mol. The summed E-state index contributed by atoms with van der Waals surface area (Å²) in [4.78, 5) is 5.12. The van der Waals surface area contributed by atoms with E-state index >= 15 is 0 Å². The fourth-order valence-corrected chi connectivity index (χ4v) is 3.42. The lowest BCUT2D eigenvalue weighted by Gasteiger charge is -2.29. The van der Waals surface area contributed by atoms with Gasteiger partial charge < -0.3 is 15.5 Å². The van der Waals surface area contributed by atoms with Crippen molar-refractivity contribution in [3.8, 4) is 0 Å². The number of nitrogens with zero attached hydrogens (tertiary/aromatic N) is 2. The Morgan fingerprint density at radius 2 is 1.82 bits per heavy atom. The van der Waals surface area contributed by atoms with E-state index in [4.69, 9.17) is 5.73 Å². The predicted molar refractivity (Wildman–Crippen MR) is 73.1 cm³/mol. The Morgan fingerprint density at radius 3 is 2.35 bits per heavy atom. The van der Waals surface area contributed by atoms with Crippen molar-refractivity contribution < 1.29 is 0 Å². The zero-order valence-electron chi connectivity index (χ0n) is 11.4. The maximum Gasteiger partial charge on any atom is 0.00249 e. The molecule has 0 aromatic carbocycles. The third kappa shape index (κ3) is 3.94. The van der Waals surface area contributed by atoms with Gasteiger partial charge in [0.2, 0.25) is 0 Å². The fraction of sp³-hybridized carbons (Fsp3) is 1.00. The summed E-state index contributed by atoms with van der Waals surface area (Å²) < 4.78 is 0. The number of hydrogen-bond donors (Lipinski definition) is 1. The summed E-state index contributed by atoms with van der Waals surface area (Å²) in [7, 11) is 2.24. The summed E-state index contributed by atoms with van der Waals surface area (Å²) in [5.41, 5.74) is 6.01. The Hall–Kier alpha value is -0.120. The largest absolute Gasteiger partial charge is 0.330 e. The molecule has 2 N–H and O–H groups in total. The minimum Gasteiger partial charge on any atom is -0.330 e. The van der Waals surface area contributed by atoms with E-state index in [0.717, 1.165) is 18.4 Å². The highest BCUT2D eigenvalue weighted by Gasteiger charge is 2.28. The highest BCUT2D eigenvalue weighted by molar-refractivity contribution is 4.82. The summed E-state index contributed by atoms with van der Waals surface area (Å²) in [6, 6.07) is 0. The highest BCUT2D eigenvalue weighted by Crippen LogP contribution is 2.24. The molecule has 2 atom stereocenters. The van der Waals surface area contributed by atoms with Crippen LogP contribution < -0.4 is 5.73 Å². The van der Waals surface area contributed by atoms with Crippen molar-refractivity contribution in [2.45, 2.75) is 32.1 Å². The maximum absolute atomic E-state index is 6.01. The lowest BCUT2D eigenvalue weighted by Crippen LogP contribution is -2.38. The van der Waals surface area contributed by atoms with Gasteiger partial charge in [-0.3, -0.25) is 0 Å². The number of likely N-dealkylation sites (tertiary alicyclic amines) is 2. The molecule has 2 aliphatic rings. The van der Waals surface area contributed by atoms with Crippen molar-refractivity contribution >= 4 is 0 Å². The van der Waals surface area contributed by atoms with Gasteiger partial charge in [-0.05, 0) is 64.3 Å². The highest BCUT2D eigenvalue weighted by atomic mass is 15.1. The van der Waals surface area contributed by atoms with E-state index in [1.54, 1.807) is 0 Å². The van der Waals surface area contributed by atoms with Crippen LogP contribution >= 0.6 is 0 Å². The topological polar surface area (TPSA) is 32.5 Å². The molecule has 3 nitrogen and oxygen atoms in total. The molecule has 2 aliphatic heterocycles. The molecule has 17 heavy (non-hydrogen) atoms. The summed E-state index contributed by atoms with van der Waals surface area (Å²) in [5, 5.41) is 0. The first-order valence-electron chi connectivity index (χ1n) is 7.40. The van der Waals surface area contributed by atoms with Crippen molar-refractivity contribution in [3.05, 3.63) is 0 Å². The van der Waals surface area contributed by atoms with Crippen molar-refractivity contribution in [1.82, 2.24) is 9.80 Å². The Labute approximate surface area is 106 Å². The molecule has 2 saturated heterocycles. The molecular weight excluding hydrogens is 210 g/mol. The molecular formula is C14H29N3. The average Bonchev–Trinajstić information content (AvgIpc) is 2.62. The lowest BCUT2D eigenvalue weighted by atomic mass is 9.91. The normalized spacial score (nSPS) is 30.4. The minimum atomic E-state index is 0.720. The molecule has 3 heteroatoms. The van der Waals surface area contributed by atoms with Gasteiger partial charge in [0, 0.05) is 13.1 Å². The maximum atomic E-state index is 6.01. The minimum absolute atomic E-state index is 0.720. The molecule has 0 saturated carbocycles. The zero-order chi connectivity index (χ0) is 12.1. The van der Waals surface area contributed by atoms with Crippen LogP contribution in [0.1, 0.15) is 32.1 Å². The van der Waals surface area contributed by atoms with Gasteiger partial charge in [0.1, 0.15) is 0 Å².